The van der Waals surface area contributed by atoms with Crippen LogP contribution in [-0.2, 0) is 11.2 Å². The molecule has 0 aliphatic carbocycles. The lowest BCUT2D eigenvalue weighted by Crippen LogP contribution is -2.43. The Morgan fingerprint density at radius 1 is 1.21 bits per heavy atom. The minimum Gasteiger partial charge on any atom is -0.495 e. The lowest BCUT2D eigenvalue weighted by Gasteiger charge is -2.26. The highest BCUT2D eigenvalue weighted by Crippen LogP contribution is 2.39. The van der Waals surface area contributed by atoms with Gasteiger partial charge in [0.2, 0.25) is 11.9 Å². The van der Waals surface area contributed by atoms with E-state index >= 15 is 0 Å². The first-order valence-corrected chi connectivity index (χ1v) is 12.3. The number of aromatic nitrogens is 3. The summed E-state index contributed by atoms with van der Waals surface area (Å²) < 4.78 is 20.0. The molecule has 0 fully saturated rings. The van der Waals surface area contributed by atoms with Crippen molar-refractivity contribution in [2.45, 2.75) is 19.4 Å². The van der Waals surface area contributed by atoms with E-state index in [4.69, 9.17) is 10.5 Å². The fourth-order valence-corrected chi connectivity index (χ4v) is 4.58. The van der Waals surface area contributed by atoms with E-state index in [1.807, 2.05) is 38.1 Å². The molecule has 5 rings (SSSR count). The van der Waals surface area contributed by atoms with E-state index in [2.05, 4.69) is 25.6 Å². The van der Waals surface area contributed by atoms with Gasteiger partial charge in [-0.2, -0.15) is 4.98 Å². The molecule has 39 heavy (non-hydrogen) atoms. The highest BCUT2D eigenvalue weighted by molar-refractivity contribution is 6.00. The van der Waals surface area contributed by atoms with Crippen LogP contribution in [0.15, 0.2) is 42.6 Å². The van der Waals surface area contributed by atoms with Crippen LogP contribution in [0.3, 0.4) is 0 Å². The Balaban J connectivity index is 1.52. The van der Waals surface area contributed by atoms with E-state index in [0.29, 0.717) is 41.1 Å². The predicted molar refractivity (Wildman–Crippen MR) is 147 cm³/mol. The van der Waals surface area contributed by atoms with Crippen LogP contribution in [-0.4, -0.2) is 65.5 Å². The summed E-state index contributed by atoms with van der Waals surface area (Å²) in [6.45, 7) is 2.46. The quantitative estimate of drug-likeness (QED) is 0.270. The van der Waals surface area contributed by atoms with Gasteiger partial charge in [-0.3, -0.25) is 14.5 Å². The Hall–Kier alpha value is -4.71. The fourth-order valence-electron chi connectivity index (χ4n) is 4.58. The zero-order valence-corrected chi connectivity index (χ0v) is 22.0. The molecule has 0 saturated carbocycles. The first-order valence-electron chi connectivity index (χ1n) is 12.3. The molecule has 3 aliphatic rings. The second-order valence-electron chi connectivity index (χ2n) is 9.48. The molecule has 0 bridgehead atoms. The summed E-state index contributed by atoms with van der Waals surface area (Å²) in [5.41, 5.74) is 8.34. The maximum atomic E-state index is 14.4. The van der Waals surface area contributed by atoms with Crippen molar-refractivity contribution >= 4 is 40.6 Å². The van der Waals surface area contributed by atoms with Crippen LogP contribution >= 0.6 is 0 Å². The average molecular weight is 533 g/mol. The lowest BCUT2D eigenvalue weighted by molar-refractivity contribution is -0.122. The predicted octanol–water partition coefficient (Wildman–Crippen LogP) is 3.48. The summed E-state index contributed by atoms with van der Waals surface area (Å²) in [7, 11) is 5.32. The second kappa shape index (κ2) is 10.2. The number of anilines is 5. The van der Waals surface area contributed by atoms with E-state index in [1.54, 1.807) is 30.3 Å². The maximum absolute atomic E-state index is 14.4. The van der Waals surface area contributed by atoms with Gasteiger partial charge in [0.25, 0.3) is 5.91 Å². The minimum absolute atomic E-state index is 0.00814. The molecule has 202 valence electrons. The Labute approximate surface area is 224 Å². The highest BCUT2D eigenvalue weighted by Gasteiger charge is 2.30. The molecule has 0 aromatic heterocycles. The van der Waals surface area contributed by atoms with Crippen LogP contribution in [0.4, 0.5) is 33.2 Å². The number of carbonyl (C=O) groups is 2. The number of ether oxygens (including phenoxy) is 1. The van der Waals surface area contributed by atoms with Crippen LogP contribution in [0, 0.1) is 5.82 Å². The van der Waals surface area contributed by atoms with E-state index in [-0.39, 0.29) is 23.2 Å². The van der Waals surface area contributed by atoms with Crippen LogP contribution in [0.25, 0.3) is 11.4 Å². The minimum atomic E-state index is -0.904. The molecular weight excluding hydrogens is 503 g/mol. The number of methoxy groups -OCH3 is 1. The van der Waals surface area contributed by atoms with Gasteiger partial charge in [0.1, 0.15) is 23.2 Å². The van der Waals surface area contributed by atoms with Crippen molar-refractivity contribution in [3.63, 3.8) is 0 Å². The highest BCUT2D eigenvalue weighted by atomic mass is 19.1. The average Bonchev–Trinajstić information content (AvgIpc) is 3.54. The molecule has 1 unspecified atom stereocenters. The number of hydrogen-bond donors (Lipinski definition) is 4. The van der Waals surface area contributed by atoms with Crippen LogP contribution < -0.4 is 26.0 Å². The molecule has 5 N–H and O–H groups in total. The van der Waals surface area contributed by atoms with Crippen LogP contribution in [0.2, 0.25) is 0 Å². The third kappa shape index (κ3) is 4.81. The number of nitrogens with two attached hydrogens (primary N) is 1. The summed E-state index contributed by atoms with van der Waals surface area (Å²) in [5, 5.41) is 6.26. The van der Waals surface area contributed by atoms with Gasteiger partial charge in [-0.1, -0.05) is 6.07 Å². The fraction of sp³-hybridized carbons (Fsp3) is 0.259. The number of nitrogens with zero attached hydrogens (tertiary/aromatic N) is 4. The number of primary amides is 1. The number of nitrogens with one attached hydrogen (secondary N) is 3. The van der Waals surface area contributed by atoms with Crippen molar-refractivity contribution in [3.05, 3.63) is 59.5 Å². The normalized spacial score (nSPS) is 13.4. The van der Waals surface area contributed by atoms with Gasteiger partial charge in [-0.15, -0.1) is 0 Å². The lowest BCUT2D eigenvalue weighted by atomic mass is 10.1. The monoisotopic (exact) mass is 532 g/mol. The molecule has 3 aliphatic heterocycles. The largest absolute Gasteiger partial charge is 0.495 e. The van der Waals surface area contributed by atoms with E-state index in [1.165, 1.54) is 6.07 Å². The van der Waals surface area contributed by atoms with Crippen molar-refractivity contribution in [1.82, 2.24) is 19.9 Å². The number of halogens is 1. The van der Waals surface area contributed by atoms with Gasteiger partial charge in [-0.25, -0.2) is 9.37 Å². The number of rotatable bonds is 8. The van der Waals surface area contributed by atoms with Crippen LogP contribution in [0.1, 0.15) is 22.8 Å². The van der Waals surface area contributed by atoms with Crippen molar-refractivity contribution in [2.24, 2.45) is 5.73 Å². The molecule has 12 heteroatoms. The second-order valence-corrected chi connectivity index (χ2v) is 9.48. The number of likely N-dealkylation sites (N-methyl/N-ethyl adjacent to an activating group) is 1. The van der Waals surface area contributed by atoms with E-state index in [0.717, 1.165) is 23.7 Å². The number of carbonyl (C=O) groups excluding carboxylic acids is 2. The number of H-pyrrole nitrogens is 1. The molecule has 11 nitrogen and oxygen atoms in total. The molecular formula is C27H29FN8O3. The molecule has 0 radical (unpaired) electrons. The summed E-state index contributed by atoms with van der Waals surface area (Å²) in [4.78, 5) is 40.8. The van der Waals surface area contributed by atoms with Crippen molar-refractivity contribution in [2.75, 3.05) is 43.3 Å². The third-order valence-corrected chi connectivity index (χ3v) is 6.88. The van der Waals surface area contributed by atoms with Gasteiger partial charge in [0, 0.05) is 18.4 Å². The van der Waals surface area contributed by atoms with Crippen molar-refractivity contribution in [3.8, 4) is 17.1 Å². The number of benzene rings is 2. The zero-order valence-electron chi connectivity index (χ0n) is 22.0. The van der Waals surface area contributed by atoms with Gasteiger partial charge >= 0.3 is 0 Å². The van der Waals surface area contributed by atoms with Gasteiger partial charge in [-0.05, 0) is 63.3 Å². The standard InChI is InChI=1S/C27H29FN8O3/c1-14(35(2)3)26(38)36-11-9-15-12-21(39-4)19(13-20(15)36)32-27-33-24-16(8-10-30-24)25(34-27)31-18-7-5-6-17(28)22(18)23(29)37/h5-8,10,12-14H,9,11H2,1-4H3,(H2,29,37)(H3,30,31,32,33,34). The molecule has 2 aromatic rings. The number of aromatic amines is 1. The summed E-state index contributed by atoms with van der Waals surface area (Å²) >= 11 is 0. The number of hydrogen-bond acceptors (Lipinski definition) is 8. The Morgan fingerprint density at radius 2 is 2.00 bits per heavy atom. The van der Waals surface area contributed by atoms with Crippen molar-refractivity contribution in [1.29, 1.82) is 0 Å². The number of fused-ring (bicyclic) bond motifs is 2. The Morgan fingerprint density at radius 3 is 2.72 bits per heavy atom. The molecule has 1 atom stereocenters. The summed E-state index contributed by atoms with van der Waals surface area (Å²) in [6, 6.07) is 9.41. The third-order valence-electron chi connectivity index (χ3n) is 6.88. The molecule has 0 spiro atoms. The van der Waals surface area contributed by atoms with Gasteiger partial charge in [0.15, 0.2) is 0 Å². The van der Waals surface area contributed by atoms with Crippen LogP contribution in [0.5, 0.6) is 5.75 Å². The first kappa shape index (κ1) is 25.9. The van der Waals surface area contributed by atoms with E-state index in [9.17, 15) is 14.0 Å². The molecule has 3 heterocycles. The summed E-state index contributed by atoms with van der Waals surface area (Å²) in [6.07, 6.45) is 2.32. The van der Waals surface area contributed by atoms with E-state index < -0.39 is 11.7 Å². The SMILES string of the molecule is COc1cc2c(cc1Nc1nc(Nc3cccc(F)c3C(N)=O)c3ccnc-3[nH]1)N(C(=O)C(C)N(C)C)CC2. The zero-order chi connectivity index (χ0) is 27.8. The smallest absolute Gasteiger partial charge is 0.253 e. The van der Waals surface area contributed by atoms with Gasteiger partial charge < -0.3 is 31.0 Å². The Kier molecular flexibility index (Phi) is 6.79. The Bertz CT molecular complexity index is 1540. The van der Waals surface area contributed by atoms with Gasteiger partial charge in [0.05, 0.1) is 35.7 Å². The topological polar surface area (TPSA) is 142 Å². The summed E-state index contributed by atoms with van der Waals surface area (Å²) in [5.74, 6) is 0.0717. The molecule has 2 aromatic carbocycles. The molecule has 0 saturated heterocycles. The van der Waals surface area contributed by atoms with Crippen molar-refractivity contribution < 1.29 is 18.7 Å². The maximum Gasteiger partial charge on any atom is 0.253 e. The number of amides is 2. The molecule has 2 amide bonds. The first-order chi connectivity index (χ1) is 18.7.